The Labute approximate surface area is 173 Å². The minimum absolute atomic E-state index is 0.0320. The van der Waals surface area contributed by atoms with Crippen LogP contribution in [-0.4, -0.2) is 54.8 Å². The molecule has 0 aliphatic carbocycles. The summed E-state index contributed by atoms with van der Waals surface area (Å²) in [6.07, 6.45) is -0.396. The molecule has 0 aliphatic heterocycles. The number of hydrogen-bond donors (Lipinski definition) is 2. The van der Waals surface area contributed by atoms with Gasteiger partial charge in [-0.05, 0) is 53.4 Å². The fraction of sp³-hybridized carbons (Fsp3) is 0.800. The van der Waals surface area contributed by atoms with Crippen LogP contribution in [0.2, 0.25) is 0 Å². The summed E-state index contributed by atoms with van der Waals surface area (Å²) in [4.78, 5) is 48.7. The predicted octanol–water partition coefficient (Wildman–Crippen LogP) is 2.32. The number of nitrogens with one attached hydrogen (secondary N) is 2. The van der Waals surface area contributed by atoms with Crippen LogP contribution in [0.1, 0.15) is 67.7 Å². The standard InChI is InChI=1S/C20H36N2O7/c1-8-27-16(23)11-10-14(18(25)28-9-2)21-17(24)15(12-13(3)4)22-19(26)29-20(5,6)7/h13-15H,8-12H2,1-7H3,(H,21,24)(H,22,26)/t14-,15+/m1/s1. The van der Waals surface area contributed by atoms with Gasteiger partial charge in [0.1, 0.15) is 17.7 Å². The first-order valence-electron chi connectivity index (χ1n) is 10.0. The highest BCUT2D eigenvalue weighted by molar-refractivity contribution is 5.90. The summed E-state index contributed by atoms with van der Waals surface area (Å²) < 4.78 is 15.1. The molecule has 0 heterocycles. The van der Waals surface area contributed by atoms with Gasteiger partial charge in [0, 0.05) is 6.42 Å². The highest BCUT2D eigenvalue weighted by Gasteiger charge is 2.30. The van der Waals surface area contributed by atoms with Gasteiger partial charge in [-0.2, -0.15) is 0 Å². The molecule has 2 amide bonds. The van der Waals surface area contributed by atoms with E-state index in [0.29, 0.717) is 6.42 Å². The van der Waals surface area contributed by atoms with Crippen molar-refractivity contribution in [1.29, 1.82) is 0 Å². The van der Waals surface area contributed by atoms with Gasteiger partial charge in [-0.1, -0.05) is 13.8 Å². The van der Waals surface area contributed by atoms with E-state index in [9.17, 15) is 19.2 Å². The van der Waals surface area contributed by atoms with E-state index in [1.807, 2.05) is 13.8 Å². The predicted molar refractivity (Wildman–Crippen MR) is 107 cm³/mol. The van der Waals surface area contributed by atoms with Crippen molar-refractivity contribution in [3.8, 4) is 0 Å². The lowest BCUT2D eigenvalue weighted by Gasteiger charge is -2.25. The number of ether oxygens (including phenoxy) is 3. The van der Waals surface area contributed by atoms with Crippen molar-refractivity contribution in [1.82, 2.24) is 10.6 Å². The zero-order valence-electron chi connectivity index (χ0n) is 18.6. The highest BCUT2D eigenvalue weighted by atomic mass is 16.6. The van der Waals surface area contributed by atoms with Crippen molar-refractivity contribution < 1.29 is 33.4 Å². The second-order valence-corrected chi connectivity index (χ2v) is 7.99. The molecule has 0 bridgehead atoms. The summed E-state index contributed by atoms with van der Waals surface area (Å²) in [7, 11) is 0. The molecule has 0 spiro atoms. The average molecular weight is 417 g/mol. The minimum atomic E-state index is -1.03. The van der Waals surface area contributed by atoms with E-state index in [2.05, 4.69) is 10.6 Å². The molecule has 0 saturated carbocycles. The first-order valence-corrected chi connectivity index (χ1v) is 10.0. The molecule has 0 aromatic rings. The maximum atomic E-state index is 12.8. The normalized spacial score (nSPS) is 13.2. The largest absolute Gasteiger partial charge is 0.466 e. The van der Waals surface area contributed by atoms with E-state index in [4.69, 9.17) is 14.2 Å². The number of esters is 2. The first kappa shape index (κ1) is 26.7. The Morgan fingerprint density at radius 1 is 0.897 bits per heavy atom. The van der Waals surface area contributed by atoms with Crippen molar-refractivity contribution in [2.75, 3.05) is 13.2 Å². The number of rotatable bonds is 11. The van der Waals surface area contributed by atoms with E-state index in [1.165, 1.54) is 0 Å². The van der Waals surface area contributed by atoms with Gasteiger partial charge < -0.3 is 24.8 Å². The van der Waals surface area contributed by atoms with Crippen LogP contribution in [0.4, 0.5) is 4.79 Å². The third-order valence-electron chi connectivity index (χ3n) is 3.54. The van der Waals surface area contributed by atoms with Crippen molar-refractivity contribution in [2.24, 2.45) is 5.92 Å². The molecule has 168 valence electrons. The number of alkyl carbamates (subject to hydrolysis) is 1. The Morgan fingerprint density at radius 2 is 1.48 bits per heavy atom. The topological polar surface area (TPSA) is 120 Å². The van der Waals surface area contributed by atoms with Gasteiger partial charge in [0.15, 0.2) is 0 Å². The van der Waals surface area contributed by atoms with Crippen LogP contribution in [0.15, 0.2) is 0 Å². The molecule has 0 aromatic heterocycles. The maximum Gasteiger partial charge on any atom is 0.408 e. The fourth-order valence-corrected chi connectivity index (χ4v) is 2.41. The summed E-state index contributed by atoms with van der Waals surface area (Å²) in [5.74, 6) is -1.57. The van der Waals surface area contributed by atoms with Crippen molar-refractivity contribution >= 4 is 23.9 Å². The Kier molecular flexibility index (Phi) is 12.0. The van der Waals surface area contributed by atoms with Crippen molar-refractivity contribution in [2.45, 2.75) is 85.4 Å². The van der Waals surface area contributed by atoms with E-state index >= 15 is 0 Å². The van der Waals surface area contributed by atoms with Gasteiger partial charge >= 0.3 is 18.0 Å². The van der Waals surface area contributed by atoms with Gasteiger partial charge in [-0.25, -0.2) is 9.59 Å². The second kappa shape index (κ2) is 13.0. The minimum Gasteiger partial charge on any atom is -0.466 e. The second-order valence-electron chi connectivity index (χ2n) is 7.99. The molecule has 0 aliphatic rings. The Morgan fingerprint density at radius 3 is 1.97 bits per heavy atom. The average Bonchev–Trinajstić information content (AvgIpc) is 2.56. The third-order valence-corrected chi connectivity index (χ3v) is 3.54. The lowest BCUT2D eigenvalue weighted by molar-refractivity contribution is -0.149. The monoisotopic (exact) mass is 416 g/mol. The molecular formula is C20H36N2O7. The van der Waals surface area contributed by atoms with Crippen LogP contribution >= 0.6 is 0 Å². The van der Waals surface area contributed by atoms with E-state index in [-0.39, 0.29) is 32.0 Å². The number of carbonyl (C=O) groups is 4. The van der Waals surface area contributed by atoms with Gasteiger partial charge in [0.2, 0.25) is 5.91 Å². The van der Waals surface area contributed by atoms with Crippen LogP contribution < -0.4 is 10.6 Å². The molecule has 9 heteroatoms. The van der Waals surface area contributed by atoms with E-state index in [1.54, 1.807) is 34.6 Å². The molecule has 2 atom stereocenters. The molecule has 29 heavy (non-hydrogen) atoms. The van der Waals surface area contributed by atoms with Crippen LogP contribution in [0.25, 0.3) is 0 Å². The van der Waals surface area contributed by atoms with Gasteiger partial charge in [0.25, 0.3) is 0 Å². The lowest BCUT2D eigenvalue weighted by atomic mass is 10.0. The number of amides is 2. The summed E-state index contributed by atoms with van der Waals surface area (Å²) in [6, 6.07) is -1.92. The van der Waals surface area contributed by atoms with Gasteiger partial charge in [0.05, 0.1) is 13.2 Å². The fourth-order valence-electron chi connectivity index (χ4n) is 2.41. The number of carbonyl (C=O) groups excluding carboxylic acids is 4. The lowest BCUT2D eigenvalue weighted by Crippen LogP contribution is -2.53. The molecule has 9 nitrogen and oxygen atoms in total. The highest BCUT2D eigenvalue weighted by Crippen LogP contribution is 2.11. The Balaban J connectivity index is 5.19. The summed E-state index contributed by atoms with van der Waals surface area (Å²) >= 11 is 0. The Bertz CT molecular complexity index is 556. The van der Waals surface area contributed by atoms with E-state index in [0.717, 1.165) is 0 Å². The van der Waals surface area contributed by atoms with Gasteiger partial charge in [-0.3, -0.25) is 9.59 Å². The summed E-state index contributed by atoms with van der Waals surface area (Å²) in [6.45, 7) is 12.7. The quantitative estimate of drug-likeness (QED) is 0.392. The molecule has 0 radical (unpaired) electrons. The van der Waals surface area contributed by atoms with Gasteiger partial charge in [-0.15, -0.1) is 0 Å². The maximum absolute atomic E-state index is 12.8. The summed E-state index contributed by atoms with van der Waals surface area (Å²) in [5.41, 5.74) is -0.712. The van der Waals surface area contributed by atoms with Crippen molar-refractivity contribution in [3.05, 3.63) is 0 Å². The molecule has 0 rings (SSSR count). The molecule has 0 unspecified atom stereocenters. The van der Waals surface area contributed by atoms with Crippen LogP contribution in [0.5, 0.6) is 0 Å². The number of hydrogen-bond acceptors (Lipinski definition) is 7. The zero-order chi connectivity index (χ0) is 22.6. The molecular weight excluding hydrogens is 380 g/mol. The zero-order valence-corrected chi connectivity index (χ0v) is 18.6. The molecule has 0 fully saturated rings. The summed E-state index contributed by atoms with van der Waals surface area (Å²) in [5, 5.41) is 5.13. The van der Waals surface area contributed by atoms with Crippen LogP contribution in [0.3, 0.4) is 0 Å². The van der Waals surface area contributed by atoms with Crippen molar-refractivity contribution in [3.63, 3.8) is 0 Å². The molecule has 0 saturated heterocycles. The van der Waals surface area contributed by atoms with Crippen LogP contribution in [-0.2, 0) is 28.6 Å². The van der Waals surface area contributed by atoms with E-state index < -0.39 is 41.6 Å². The third kappa shape index (κ3) is 12.7. The first-order chi connectivity index (χ1) is 13.4. The molecule has 2 N–H and O–H groups in total. The smallest absolute Gasteiger partial charge is 0.408 e. The Hall–Kier alpha value is -2.32. The van der Waals surface area contributed by atoms with Crippen LogP contribution in [0, 0.1) is 5.92 Å². The SMILES string of the molecule is CCOC(=O)CC[C@@H](NC(=O)[C@H](CC(C)C)NC(=O)OC(C)(C)C)C(=O)OCC. The molecule has 0 aromatic carbocycles.